The normalized spacial score (nSPS) is 20.5. The highest BCUT2D eigenvalue weighted by Gasteiger charge is 2.33. The van der Waals surface area contributed by atoms with Crippen molar-refractivity contribution >= 4 is 11.9 Å². The lowest BCUT2D eigenvalue weighted by Crippen LogP contribution is -2.59. The third kappa shape index (κ3) is 4.48. The van der Waals surface area contributed by atoms with Gasteiger partial charge in [0, 0.05) is 26.6 Å². The summed E-state index contributed by atoms with van der Waals surface area (Å²) in [4.78, 5) is 27.4. The molecule has 2 fully saturated rings. The molecular formula is C20H29N3O3. The minimum atomic E-state index is -0.0337. The Bertz CT molecular complexity index is 643. The number of amides is 3. The lowest BCUT2D eigenvalue weighted by atomic mass is 9.98. The topological polar surface area (TPSA) is 61.9 Å². The Balaban J connectivity index is 1.39. The second-order valence-electron chi connectivity index (χ2n) is 7.27. The molecule has 0 unspecified atom stereocenters. The van der Waals surface area contributed by atoms with Gasteiger partial charge < -0.3 is 19.9 Å². The molecule has 142 valence electrons. The minimum Gasteiger partial charge on any atom is -0.486 e. The number of urea groups is 1. The van der Waals surface area contributed by atoms with E-state index in [1.165, 1.54) is 5.56 Å². The summed E-state index contributed by atoms with van der Waals surface area (Å²) in [7, 11) is 0. The standard InChI is InChI=1S/C20H29N3O3/c1-3-17-8-4-5-9-19(17)26-18-13-23(14-18)20(25)21-11-16-7-6-10-22(12-16)15(2)24/h4-5,8-9,16,18H,3,6-7,10-14H2,1-2H3,(H,21,25)/t16-/m1/s1. The Morgan fingerprint density at radius 2 is 1.96 bits per heavy atom. The van der Waals surface area contributed by atoms with Gasteiger partial charge in [0.25, 0.3) is 0 Å². The summed E-state index contributed by atoms with van der Waals surface area (Å²) in [6.07, 6.45) is 3.07. The highest BCUT2D eigenvalue weighted by Crippen LogP contribution is 2.23. The van der Waals surface area contributed by atoms with Crippen LogP contribution in [0.2, 0.25) is 0 Å². The van der Waals surface area contributed by atoms with E-state index in [0.29, 0.717) is 25.6 Å². The predicted octanol–water partition coefficient (Wildman–Crippen LogP) is 2.28. The van der Waals surface area contributed by atoms with Crippen molar-refractivity contribution in [2.24, 2.45) is 5.92 Å². The molecule has 6 nitrogen and oxygen atoms in total. The van der Waals surface area contributed by atoms with E-state index in [1.807, 2.05) is 23.1 Å². The number of piperidine rings is 1. The third-order valence-electron chi connectivity index (χ3n) is 5.29. The van der Waals surface area contributed by atoms with Gasteiger partial charge in [-0.05, 0) is 36.8 Å². The largest absolute Gasteiger partial charge is 0.486 e. The maximum Gasteiger partial charge on any atom is 0.317 e. The van der Waals surface area contributed by atoms with Gasteiger partial charge in [-0.1, -0.05) is 25.1 Å². The number of nitrogens with zero attached hydrogens (tertiary/aromatic N) is 2. The first-order chi connectivity index (χ1) is 12.6. The van der Waals surface area contributed by atoms with Crippen LogP contribution < -0.4 is 10.1 Å². The number of carbonyl (C=O) groups is 2. The molecule has 2 aliphatic heterocycles. The first kappa shape index (κ1) is 18.5. The fraction of sp³-hybridized carbons (Fsp3) is 0.600. The lowest BCUT2D eigenvalue weighted by Gasteiger charge is -2.39. The Kier molecular flexibility index (Phi) is 6.01. The van der Waals surface area contributed by atoms with Gasteiger partial charge in [-0.15, -0.1) is 0 Å². The van der Waals surface area contributed by atoms with Crippen molar-refractivity contribution in [3.8, 4) is 5.75 Å². The fourth-order valence-corrected chi connectivity index (χ4v) is 3.63. The van der Waals surface area contributed by atoms with Crippen molar-refractivity contribution in [2.75, 3.05) is 32.7 Å². The molecule has 3 amide bonds. The Labute approximate surface area is 155 Å². The zero-order chi connectivity index (χ0) is 18.5. The van der Waals surface area contributed by atoms with Gasteiger partial charge in [-0.25, -0.2) is 4.79 Å². The van der Waals surface area contributed by atoms with E-state index in [1.54, 1.807) is 11.8 Å². The summed E-state index contributed by atoms with van der Waals surface area (Å²) in [6, 6.07) is 8.03. The molecule has 3 rings (SSSR count). The van der Waals surface area contributed by atoms with Gasteiger partial charge in [0.15, 0.2) is 0 Å². The number of likely N-dealkylation sites (tertiary alicyclic amines) is 2. The van der Waals surface area contributed by atoms with E-state index in [0.717, 1.165) is 38.1 Å². The van der Waals surface area contributed by atoms with Crippen LogP contribution in [-0.4, -0.2) is 60.6 Å². The van der Waals surface area contributed by atoms with Crippen molar-refractivity contribution in [1.82, 2.24) is 15.1 Å². The molecule has 2 heterocycles. The average Bonchev–Trinajstić information content (AvgIpc) is 2.62. The third-order valence-corrected chi connectivity index (χ3v) is 5.29. The van der Waals surface area contributed by atoms with Crippen LogP contribution in [0, 0.1) is 5.92 Å². The summed E-state index contributed by atoms with van der Waals surface area (Å²) in [5.41, 5.74) is 1.20. The van der Waals surface area contributed by atoms with E-state index in [-0.39, 0.29) is 18.0 Å². The van der Waals surface area contributed by atoms with Crippen LogP contribution in [0.5, 0.6) is 5.75 Å². The molecule has 2 aliphatic rings. The van der Waals surface area contributed by atoms with Gasteiger partial charge in [0.1, 0.15) is 11.9 Å². The number of hydrogen-bond donors (Lipinski definition) is 1. The molecule has 6 heteroatoms. The predicted molar refractivity (Wildman–Crippen MR) is 100 cm³/mol. The summed E-state index contributed by atoms with van der Waals surface area (Å²) >= 11 is 0. The zero-order valence-electron chi connectivity index (χ0n) is 15.7. The molecule has 0 saturated carbocycles. The molecule has 1 atom stereocenters. The number of para-hydroxylation sites is 1. The van der Waals surface area contributed by atoms with Crippen LogP contribution in [0.3, 0.4) is 0 Å². The number of benzene rings is 1. The van der Waals surface area contributed by atoms with Crippen LogP contribution in [0.15, 0.2) is 24.3 Å². The number of nitrogens with one attached hydrogen (secondary N) is 1. The van der Waals surface area contributed by atoms with Crippen LogP contribution in [0.25, 0.3) is 0 Å². The van der Waals surface area contributed by atoms with Crippen LogP contribution in [0.4, 0.5) is 4.79 Å². The van der Waals surface area contributed by atoms with Gasteiger partial charge in [0.05, 0.1) is 13.1 Å². The van der Waals surface area contributed by atoms with Crippen molar-refractivity contribution in [2.45, 2.75) is 39.2 Å². The van der Waals surface area contributed by atoms with E-state index in [2.05, 4.69) is 18.3 Å². The maximum absolute atomic E-state index is 12.3. The molecular weight excluding hydrogens is 330 g/mol. The number of rotatable bonds is 5. The molecule has 0 spiro atoms. The number of ether oxygens (including phenoxy) is 1. The fourth-order valence-electron chi connectivity index (χ4n) is 3.63. The summed E-state index contributed by atoms with van der Waals surface area (Å²) in [5.74, 6) is 1.39. The molecule has 1 aromatic carbocycles. The Morgan fingerprint density at radius 1 is 1.19 bits per heavy atom. The SMILES string of the molecule is CCc1ccccc1OC1CN(C(=O)NC[C@H]2CCCN(C(C)=O)C2)C1. The van der Waals surface area contributed by atoms with Gasteiger partial charge in [-0.3, -0.25) is 4.79 Å². The highest BCUT2D eigenvalue weighted by molar-refractivity contribution is 5.75. The van der Waals surface area contributed by atoms with Crippen molar-refractivity contribution in [3.63, 3.8) is 0 Å². The quantitative estimate of drug-likeness (QED) is 0.877. The van der Waals surface area contributed by atoms with E-state index in [9.17, 15) is 9.59 Å². The van der Waals surface area contributed by atoms with Gasteiger partial charge in [-0.2, -0.15) is 0 Å². The molecule has 2 saturated heterocycles. The van der Waals surface area contributed by atoms with Crippen LogP contribution in [-0.2, 0) is 11.2 Å². The van der Waals surface area contributed by atoms with E-state index in [4.69, 9.17) is 4.74 Å². The lowest BCUT2D eigenvalue weighted by molar-refractivity contribution is -0.130. The second-order valence-corrected chi connectivity index (χ2v) is 7.27. The maximum atomic E-state index is 12.3. The van der Waals surface area contributed by atoms with Crippen LogP contribution in [0.1, 0.15) is 32.3 Å². The molecule has 1 aromatic rings. The minimum absolute atomic E-state index is 0.0337. The molecule has 26 heavy (non-hydrogen) atoms. The van der Waals surface area contributed by atoms with E-state index >= 15 is 0 Å². The molecule has 0 radical (unpaired) electrons. The second kappa shape index (κ2) is 8.43. The summed E-state index contributed by atoms with van der Waals surface area (Å²) in [5, 5.41) is 3.01. The molecule has 0 aliphatic carbocycles. The monoisotopic (exact) mass is 359 g/mol. The van der Waals surface area contributed by atoms with Crippen molar-refractivity contribution in [3.05, 3.63) is 29.8 Å². The zero-order valence-corrected chi connectivity index (χ0v) is 15.7. The van der Waals surface area contributed by atoms with E-state index < -0.39 is 0 Å². The molecule has 1 N–H and O–H groups in total. The van der Waals surface area contributed by atoms with Gasteiger partial charge >= 0.3 is 6.03 Å². The Hall–Kier alpha value is -2.24. The number of hydrogen-bond acceptors (Lipinski definition) is 3. The smallest absolute Gasteiger partial charge is 0.317 e. The van der Waals surface area contributed by atoms with Gasteiger partial charge in [0.2, 0.25) is 5.91 Å². The van der Waals surface area contributed by atoms with Crippen molar-refractivity contribution in [1.29, 1.82) is 0 Å². The van der Waals surface area contributed by atoms with Crippen LogP contribution >= 0.6 is 0 Å². The average molecular weight is 359 g/mol. The summed E-state index contributed by atoms with van der Waals surface area (Å²) in [6.45, 7) is 7.17. The molecule has 0 bridgehead atoms. The number of aryl methyl sites for hydroxylation is 1. The summed E-state index contributed by atoms with van der Waals surface area (Å²) < 4.78 is 6.02. The van der Waals surface area contributed by atoms with Crippen molar-refractivity contribution < 1.29 is 14.3 Å². The first-order valence-corrected chi connectivity index (χ1v) is 9.59. The Morgan fingerprint density at radius 3 is 2.69 bits per heavy atom. The number of carbonyl (C=O) groups excluding carboxylic acids is 2. The molecule has 0 aromatic heterocycles. The first-order valence-electron chi connectivity index (χ1n) is 9.59. The highest BCUT2D eigenvalue weighted by atomic mass is 16.5.